The van der Waals surface area contributed by atoms with Gasteiger partial charge < -0.3 is 10.2 Å². The zero-order valence-electron chi connectivity index (χ0n) is 19.5. The number of aliphatic carboxylic acids is 2. The van der Waals surface area contributed by atoms with Crippen molar-refractivity contribution in [1.29, 1.82) is 5.26 Å². The fraction of sp³-hybridized carbons (Fsp3) is 0.423. The smallest absolute Gasteiger partial charge is 0.480 e. The van der Waals surface area contributed by atoms with E-state index < -0.39 is 35.5 Å². The van der Waals surface area contributed by atoms with Crippen LogP contribution in [0, 0.1) is 17.2 Å². The van der Waals surface area contributed by atoms with Gasteiger partial charge in [0.05, 0.1) is 6.07 Å². The molecule has 4 unspecified atom stereocenters. The molecule has 2 fully saturated rings. The van der Waals surface area contributed by atoms with Gasteiger partial charge in [0, 0.05) is 22.0 Å². The molecule has 198 valence electrons. The highest BCUT2D eigenvalue weighted by atomic mass is 35.5. The molecule has 2 aromatic carbocycles. The first kappa shape index (κ1) is 28.8. The number of nitriles is 1. The molecule has 0 bridgehead atoms. The highest BCUT2D eigenvalue weighted by Gasteiger charge is 2.61. The number of carboxylic acid groups (broad SMARTS) is 2. The summed E-state index contributed by atoms with van der Waals surface area (Å²) in [6.45, 7) is 0. The van der Waals surface area contributed by atoms with E-state index in [0.29, 0.717) is 10.0 Å². The molecule has 2 aromatic rings. The third-order valence-corrected chi connectivity index (χ3v) is 7.51. The summed E-state index contributed by atoms with van der Waals surface area (Å²) in [7, 11) is 0. The highest BCUT2D eigenvalue weighted by molar-refractivity contribution is 6.30. The zero-order chi connectivity index (χ0) is 27.4. The van der Waals surface area contributed by atoms with E-state index in [1.165, 1.54) is 6.42 Å². The van der Waals surface area contributed by atoms with E-state index in [9.17, 15) is 28.3 Å². The van der Waals surface area contributed by atoms with Gasteiger partial charge in [-0.3, -0.25) is 10.1 Å². The minimum absolute atomic E-state index is 0.236. The van der Waals surface area contributed by atoms with Crippen molar-refractivity contribution in [1.82, 2.24) is 5.32 Å². The Morgan fingerprint density at radius 1 is 1.00 bits per heavy atom. The lowest BCUT2D eigenvalue weighted by Gasteiger charge is -2.39. The molecule has 0 aromatic heterocycles. The van der Waals surface area contributed by atoms with Gasteiger partial charge in [0.15, 0.2) is 0 Å². The first-order valence-electron chi connectivity index (χ1n) is 11.6. The lowest BCUT2D eigenvalue weighted by molar-refractivity contribution is -0.192. The number of nitrogens with one attached hydrogen (secondary N) is 1. The van der Waals surface area contributed by atoms with E-state index in [0.717, 1.165) is 36.8 Å². The maximum Gasteiger partial charge on any atom is 0.490 e. The summed E-state index contributed by atoms with van der Waals surface area (Å²) in [4.78, 5) is 21.3. The maximum atomic E-state index is 12.4. The Bertz CT molecular complexity index is 1160. The van der Waals surface area contributed by atoms with Crippen LogP contribution in [0.2, 0.25) is 10.0 Å². The third-order valence-electron chi connectivity index (χ3n) is 7.02. The van der Waals surface area contributed by atoms with E-state index in [4.69, 9.17) is 33.1 Å². The van der Waals surface area contributed by atoms with Crippen molar-refractivity contribution in [2.24, 2.45) is 5.92 Å². The molecule has 1 saturated carbocycles. The normalized spacial score (nSPS) is 26.0. The predicted molar refractivity (Wildman–Crippen MR) is 132 cm³/mol. The van der Waals surface area contributed by atoms with Crippen LogP contribution in [-0.4, -0.2) is 40.4 Å². The van der Waals surface area contributed by atoms with Crippen molar-refractivity contribution in [3.63, 3.8) is 0 Å². The summed E-state index contributed by atoms with van der Waals surface area (Å²) in [5, 5.41) is 32.4. The minimum Gasteiger partial charge on any atom is -0.480 e. The lowest BCUT2D eigenvalue weighted by Crippen LogP contribution is -2.47. The van der Waals surface area contributed by atoms with Crippen LogP contribution in [0.4, 0.5) is 13.2 Å². The van der Waals surface area contributed by atoms with Crippen LogP contribution >= 0.6 is 23.2 Å². The Balaban J connectivity index is 0.000000479. The van der Waals surface area contributed by atoms with E-state index >= 15 is 0 Å². The van der Waals surface area contributed by atoms with Crippen molar-refractivity contribution in [2.75, 3.05) is 0 Å². The molecule has 1 heterocycles. The number of nitrogens with zero attached hydrogens (tertiary/aromatic N) is 1. The van der Waals surface area contributed by atoms with Crippen molar-refractivity contribution in [3.8, 4) is 6.07 Å². The summed E-state index contributed by atoms with van der Waals surface area (Å²) >= 11 is 12.4. The fourth-order valence-corrected chi connectivity index (χ4v) is 5.84. The van der Waals surface area contributed by atoms with Crippen LogP contribution in [0.15, 0.2) is 48.5 Å². The predicted octanol–water partition coefficient (Wildman–Crippen LogP) is 6.18. The molecule has 6 nitrogen and oxygen atoms in total. The summed E-state index contributed by atoms with van der Waals surface area (Å²) < 4.78 is 31.7. The number of hydrogen-bond donors (Lipinski definition) is 3. The van der Waals surface area contributed by atoms with Gasteiger partial charge in [-0.15, -0.1) is 0 Å². The number of hydrogen-bond acceptors (Lipinski definition) is 4. The maximum absolute atomic E-state index is 12.4. The lowest BCUT2D eigenvalue weighted by atomic mass is 9.61. The first-order valence-corrected chi connectivity index (χ1v) is 12.4. The van der Waals surface area contributed by atoms with Crippen LogP contribution in [0.3, 0.4) is 0 Å². The molecular weight excluding hydrogens is 532 g/mol. The molecule has 3 N–H and O–H groups in total. The van der Waals surface area contributed by atoms with E-state index in [1.807, 2.05) is 24.3 Å². The third kappa shape index (κ3) is 6.20. The van der Waals surface area contributed by atoms with Crippen LogP contribution in [0.5, 0.6) is 0 Å². The monoisotopic (exact) mass is 556 g/mol. The van der Waals surface area contributed by atoms with Crippen molar-refractivity contribution in [3.05, 3.63) is 69.7 Å². The standard InChI is InChI=1S/C24H24Cl2N2O2.C2HF3O2/c25-18-11-9-17(10-12-18)24(14-27)20(16-7-4-8-19(26)13-16)21(23(29)30)28-22(24)15-5-2-1-3-6-15;3-2(4,5)1(6)7/h4,7-13,15,20-22,28H,1-3,5-6H2,(H,29,30);(H,6,7). The molecule has 0 amide bonds. The Kier molecular flexibility index (Phi) is 9.11. The van der Waals surface area contributed by atoms with Crippen molar-refractivity contribution >= 4 is 35.1 Å². The number of rotatable bonds is 4. The minimum atomic E-state index is -5.08. The Morgan fingerprint density at radius 3 is 2.08 bits per heavy atom. The number of carbonyl (C=O) groups is 2. The molecular formula is C26H25Cl2F3N2O4. The first-order chi connectivity index (χ1) is 17.4. The van der Waals surface area contributed by atoms with Crippen LogP contribution < -0.4 is 5.32 Å². The SMILES string of the molecule is N#CC1(c2ccc(Cl)cc2)C(C2CCCCC2)NC(C(=O)O)C1c1cccc(Cl)c1.O=C(O)C(F)(F)F. The Morgan fingerprint density at radius 2 is 1.59 bits per heavy atom. The fourth-order valence-electron chi connectivity index (χ4n) is 5.51. The molecule has 1 aliphatic carbocycles. The molecule has 4 atom stereocenters. The molecule has 4 rings (SSSR count). The summed E-state index contributed by atoms with van der Waals surface area (Å²) in [5.41, 5.74) is 0.517. The van der Waals surface area contributed by atoms with Crippen LogP contribution in [0.25, 0.3) is 0 Å². The highest BCUT2D eigenvalue weighted by Crippen LogP contribution is 2.52. The molecule has 0 radical (unpaired) electrons. The summed E-state index contributed by atoms with van der Waals surface area (Å²) in [5.74, 6) is -4.05. The second-order valence-corrected chi connectivity index (χ2v) is 10.1. The van der Waals surface area contributed by atoms with E-state index in [1.54, 1.807) is 24.3 Å². The van der Waals surface area contributed by atoms with Gasteiger partial charge in [-0.1, -0.05) is 66.7 Å². The summed E-state index contributed by atoms with van der Waals surface area (Å²) in [6.07, 6.45) is 0.283. The molecule has 2 aliphatic rings. The number of halogens is 5. The average molecular weight is 557 g/mol. The zero-order valence-corrected chi connectivity index (χ0v) is 21.0. The van der Waals surface area contributed by atoms with Crippen LogP contribution in [0.1, 0.15) is 49.1 Å². The van der Waals surface area contributed by atoms with Crippen LogP contribution in [-0.2, 0) is 15.0 Å². The summed E-state index contributed by atoms with van der Waals surface area (Å²) in [6, 6.07) is 16.0. The topological polar surface area (TPSA) is 110 Å². The molecule has 11 heteroatoms. The number of benzene rings is 2. The van der Waals surface area contributed by atoms with Gasteiger partial charge in [-0.2, -0.15) is 18.4 Å². The van der Waals surface area contributed by atoms with Gasteiger partial charge >= 0.3 is 18.1 Å². The van der Waals surface area contributed by atoms with Gasteiger partial charge in [-0.05, 0) is 54.2 Å². The van der Waals surface area contributed by atoms with Crippen molar-refractivity contribution < 1.29 is 33.0 Å². The molecule has 1 aliphatic heterocycles. The Labute approximate surface area is 222 Å². The number of alkyl halides is 3. The van der Waals surface area contributed by atoms with Gasteiger partial charge in [0.1, 0.15) is 11.5 Å². The van der Waals surface area contributed by atoms with E-state index in [2.05, 4.69) is 11.4 Å². The van der Waals surface area contributed by atoms with Gasteiger partial charge in [-0.25, -0.2) is 4.79 Å². The van der Waals surface area contributed by atoms with Gasteiger partial charge in [0.25, 0.3) is 0 Å². The second kappa shape index (κ2) is 11.7. The Hall–Kier alpha value is -2.80. The molecule has 0 spiro atoms. The van der Waals surface area contributed by atoms with Gasteiger partial charge in [0.2, 0.25) is 0 Å². The second-order valence-electron chi connectivity index (χ2n) is 9.18. The number of carboxylic acids is 2. The average Bonchev–Trinajstić information content (AvgIpc) is 3.21. The molecule has 1 saturated heterocycles. The van der Waals surface area contributed by atoms with Crippen molar-refractivity contribution in [2.45, 2.75) is 61.7 Å². The largest absolute Gasteiger partial charge is 0.490 e. The molecule has 37 heavy (non-hydrogen) atoms. The van der Waals surface area contributed by atoms with E-state index in [-0.39, 0.29) is 12.0 Å². The quantitative estimate of drug-likeness (QED) is 0.415.